The number of hydrogen-bond acceptors (Lipinski definition) is 2. The summed E-state index contributed by atoms with van der Waals surface area (Å²) in [6, 6.07) is 8.39. The van der Waals surface area contributed by atoms with E-state index in [1.165, 1.54) is 18.4 Å². The first-order valence-electron chi connectivity index (χ1n) is 6.26. The molecule has 17 heavy (non-hydrogen) atoms. The second kappa shape index (κ2) is 3.99. The molecular weight excluding hydrogens is 210 g/mol. The van der Waals surface area contributed by atoms with Crippen LogP contribution in [-0.2, 0) is 6.54 Å². The molecule has 1 aromatic heterocycles. The Labute approximate surface area is 101 Å². The van der Waals surface area contributed by atoms with Crippen molar-refractivity contribution in [3.05, 3.63) is 35.7 Å². The Morgan fingerprint density at radius 2 is 2.24 bits per heavy atom. The largest absolute Gasteiger partial charge is 0.249 e. The number of fused-ring (bicyclic) bond motifs is 1. The molecular formula is C14H17N3. The average molecular weight is 227 g/mol. The van der Waals surface area contributed by atoms with Crippen LogP contribution in [0.1, 0.15) is 37.1 Å². The van der Waals surface area contributed by atoms with Gasteiger partial charge in [0.15, 0.2) is 5.82 Å². The maximum Gasteiger partial charge on any atom is 0.181 e. The van der Waals surface area contributed by atoms with E-state index < -0.39 is 0 Å². The highest BCUT2D eigenvalue weighted by molar-refractivity contribution is 5.55. The van der Waals surface area contributed by atoms with Crippen LogP contribution in [0.4, 0.5) is 0 Å². The van der Waals surface area contributed by atoms with Gasteiger partial charge in [0.05, 0.1) is 0 Å². The predicted octanol–water partition coefficient (Wildman–Crippen LogP) is 3.15. The van der Waals surface area contributed by atoms with Crippen molar-refractivity contribution >= 4 is 0 Å². The first-order valence-corrected chi connectivity index (χ1v) is 6.26. The van der Waals surface area contributed by atoms with Crippen molar-refractivity contribution in [2.24, 2.45) is 0 Å². The summed E-state index contributed by atoms with van der Waals surface area (Å²) in [5.74, 6) is 2.56. The third kappa shape index (κ3) is 1.86. The van der Waals surface area contributed by atoms with Crippen LogP contribution in [0.15, 0.2) is 24.3 Å². The normalized spacial score (nSPS) is 19.1. The van der Waals surface area contributed by atoms with Crippen LogP contribution in [0.2, 0.25) is 0 Å². The molecule has 1 atom stereocenters. The molecule has 1 aliphatic heterocycles. The number of hydrogen-bond donors (Lipinski definition) is 0. The molecule has 0 fully saturated rings. The number of aromatic nitrogens is 3. The van der Waals surface area contributed by atoms with E-state index >= 15 is 0 Å². The predicted molar refractivity (Wildman–Crippen MR) is 67.8 cm³/mol. The van der Waals surface area contributed by atoms with Gasteiger partial charge < -0.3 is 0 Å². The summed E-state index contributed by atoms with van der Waals surface area (Å²) < 4.78 is 2.08. The highest BCUT2D eigenvalue weighted by Crippen LogP contribution is 2.27. The molecule has 0 N–H and O–H groups in total. The van der Waals surface area contributed by atoms with Crippen molar-refractivity contribution in [2.75, 3.05) is 0 Å². The zero-order valence-corrected chi connectivity index (χ0v) is 10.3. The Bertz CT molecular complexity index is 542. The van der Waals surface area contributed by atoms with Gasteiger partial charge in [0.2, 0.25) is 0 Å². The van der Waals surface area contributed by atoms with Gasteiger partial charge in [0.25, 0.3) is 0 Å². The summed E-state index contributed by atoms with van der Waals surface area (Å²) in [7, 11) is 0. The first-order chi connectivity index (χ1) is 8.24. The van der Waals surface area contributed by atoms with Crippen molar-refractivity contribution in [1.82, 2.24) is 14.8 Å². The Hall–Kier alpha value is -1.64. The maximum absolute atomic E-state index is 4.70. The fourth-order valence-electron chi connectivity index (χ4n) is 2.47. The monoisotopic (exact) mass is 227 g/mol. The van der Waals surface area contributed by atoms with E-state index in [1.807, 2.05) is 0 Å². The number of aryl methyl sites for hydroxylation is 2. The maximum atomic E-state index is 4.70. The lowest BCUT2D eigenvalue weighted by Gasteiger charge is -2.17. The van der Waals surface area contributed by atoms with Crippen LogP contribution in [0, 0.1) is 6.92 Å². The summed E-state index contributed by atoms with van der Waals surface area (Å²) in [4.78, 5) is 4.70. The zero-order chi connectivity index (χ0) is 11.8. The van der Waals surface area contributed by atoms with Crippen LogP contribution in [-0.4, -0.2) is 14.8 Å². The van der Waals surface area contributed by atoms with Crippen LogP contribution in [0.25, 0.3) is 11.4 Å². The minimum atomic E-state index is 0.537. The van der Waals surface area contributed by atoms with E-state index in [4.69, 9.17) is 4.98 Å². The van der Waals surface area contributed by atoms with E-state index in [0.717, 1.165) is 23.8 Å². The molecule has 0 aliphatic carbocycles. The molecule has 0 spiro atoms. The second-order valence-corrected chi connectivity index (χ2v) is 4.93. The Balaban J connectivity index is 2.05. The molecule has 3 heteroatoms. The molecule has 0 amide bonds. The zero-order valence-electron chi connectivity index (χ0n) is 10.3. The lowest BCUT2D eigenvalue weighted by atomic mass is 10.0. The third-order valence-corrected chi connectivity index (χ3v) is 3.42. The quantitative estimate of drug-likeness (QED) is 0.749. The summed E-state index contributed by atoms with van der Waals surface area (Å²) in [5, 5.41) is 4.62. The van der Waals surface area contributed by atoms with Crippen molar-refractivity contribution in [1.29, 1.82) is 0 Å². The number of benzene rings is 1. The van der Waals surface area contributed by atoms with Crippen molar-refractivity contribution in [2.45, 2.75) is 39.2 Å². The molecule has 2 aromatic rings. The van der Waals surface area contributed by atoms with E-state index in [9.17, 15) is 0 Å². The van der Waals surface area contributed by atoms with Gasteiger partial charge >= 0.3 is 0 Å². The summed E-state index contributed by atoms with van der Waals surface area (Å²) in [6.45, 7) is 5.35. The molecule has 3 nitrogen and oxygen atoms in total. The first kappa shape index (κ1) is 10.5. The molecule has 1 aromatic carbocycles. The molecule has 1 unspecified atom stereocenters. The highest BCUT2D eigenvalue weighted by atomic mass is 15.4. The molecule has 0 radical (unpaired) electrons. The molecule has 0 saturated carbocycles. The Morgan fingerprint density at radius 1 is 1.35 bits per heavy atom. The fourth-order valence-corrected chi connectivity index (χ4v) is 2.47. The van der Waals surface area contributed by atoms with Gasteiger partial charge in [-0.1, -0.05) is 30.7 Å². The Kier molecular flexibility index (Phi) is 2.46. The van der Waals surface area contributed by atoms with Crippen LogP contribution >= 0.6 is 0 Å². The third-order valence-electron chi connectivity index (χ3n) is 3.42. The van der Waals surface area contributed by atoms with E-state index in [-0.39, 0.29) is 0 Å². The van der Waals surface area contributed by atoms with Gasteiger partial charge in [0.1, 0.15) is 5.82 Å². The Morgan fingerprint density at radius 3 is 3.00 bits per heavy atom. The smallest absolute Gasteiger partial charge is 0.181 e. The molecule has 3 rings (SSSR count). The summed E-state index contributed by atoms with van der Waals surface area (Å²) in [5.41, 5.74) is 2.38. The van der Waals surface area contributed by atoms with Crippen LogP contribution in [0.3, 0.4) is 0 Å². The lowest BCUT2D eigenvalue weighted by Crippen LogP contribution is -2.14. The lowest BCUT2D eigenvalue weighted by molar-refractivity contribution is 0.432. The summed E-state index contributed by atoms with van der Waals surface area (Å²) in [6.07, 6.45) is 2.44. The van der Waals surface area contributed by atoms with E-state index in [1.54, 1.807) is 0 Å². The minimum Gasteiger partial charge on any atom is -0.249 e. The molecule has 88 valence electrons. The minimum absolute atomic E-state index is 0.537. The summed E-state index contributed by atoms with van der Waals surface area (Å²) >= 11 is 0. The molecule has 1 aliphatic rings. The number of rotatable bonds is 1. The van der Waals surface area contributed by atoms with Gasteiger partial charge in [0, 0.05) is 18.0 Å². The molecule has 0 bridgehead atoms. The SMILES string of the molecule is Cc1cccc(-c2nc3n(n2)CCCC3C)c1. The number of nitrogens with zero attached hydrogens (tertiary/aromatic N) is 3. The average Bonchev–Trinajstić information content (AvgIpc) is 2.74. The molecule has 2 heterocycles. The van der Waals surface area contributed by atoms with Crippen LogP contribution in [0.5, 0.6) is 0 Å². The van der Waals surface area contributed by atoms with Gasteiger partial charge in [-0.25, -0.2) is 9.67 Å². The van der Waals surface area contributed by atoms with Crippen LogP contribution < -0.4 is 0 Å². The second-order valence-electron chi connectivity index (χ2n) is 4.93. The topological polar surface area (TPSA) is 30.7 Å². The van der Waals surface area contributed by atoms with Crippen molar-refractivity contribution in [3.8, 4) is 11.4 Å². The highest BCUT2D eigenvalue weighted by Gasteiger charge is 2.20. The van der Waals surface area contributed by atoms with Gasteiger partial charge in [-0.3, -0.25) is 0 Å². The van der Waals surface area contributed by atoms with Gasteiger partial charge in [-0.15, -0.1) is 0 Å². The van der Waals surface area contributed by atoms with Crippen molar-refractivity contribution in [3.63, 3.8) is 0 Å². The van der Waals surface area contributed by atoms with E-state index in [2.05, 4.69) is 47.9 Å². The molecule has 0 saturated heterocycles. The van der Waals surface area contributed by atoms with Crippen molar-refractivity contribution < 1.29 is 0 Å². The fraction of sp³-hybridized carbons (Fsp3) is 0.429. The van der Waals surface area contributed by atoms with Gasteiger partial charge in [-0.05, 0) is 25.8 Å². The van der Waals surface area contributed by atoms with Gasteiger partial charge in [-0.2, -0.15) is 5.10 Å². The standard InChI is InChI=1S/C14H17N3/c1-10-5-3-7-12(9-10)13-15-14-11(2)6-4-8-17(14)16-13/h3,5,7,9,11H,4,6,8H2,1-2H3. The van der Waals surface area contributed by atoms with E-state index in [0.29, 0.717) is 5.92 Å².